The van der Waals surface area contributed by atoms with E-state index in [0.717, 1.165) is 12.5 Å². The number of sulfone groups is 1. The summed E-state index contributed by atoms with van der Waals surface area (Å²) in [5, 5.41) is 3.37. The highest BCUT2D eigenvalue weighted by molar-refractivity contribution is 7.90. The van der Waals surface area contributed by atoms with Crippen molar-refractivity contribution in [2.45, 2.75) is 33.7 Å². The quantitative estimate of drug-likeness (QED) is 0.604. The van der Waals surface area contributed by atoms with Gasteiger partial charge in [-0.25, -0.2) is 8.42 Å². The molecule has 0 saturated carbocycles. The van der Waals surface area contributed by atoms with Gasteiger partial charge in [0.2, 0.25) is 0 Å². The highest BCUT2D eigenvalue weighted by atomic mass is 32.2. The summed E-state index contributed by atoms with van der Waals surface area (Å²) in [7, 11) is 0.838. The third-order valence-electron chi connectivity index (χ3n) is 4.12. The van der Waals surface area contributed by atoms with Gasteiger partial charge in [-0.2, -0.15) is 0 Å². The van der Waals surface area contributed by atoms with Crippen molar-refractivity contribution in [1.82, 2.24) is 10.2 Å². The Balaban J connectivity index is 2.62. The van der Waals surface area contributed by atoms with E-state index in [1.165, 1.54) is 17.4 Å². The fourth-order valence-electron chi connectivity index (χ4n) is 2.37. The summed E-state index contributed by atoms with van der Waals surface area (Å²) in [6.07, 6.45) is 1.91. The zero-order chi connectivity index (χ0) is 18.4. The lowest BCUT2D eigenvalue weighted by atomic mass is 9.90. The molecule has 0 saturated heterocycles. The van der Waals surface area contributed by atoms with Crippen molar-refractivity contribution in [2.75, 3.05) is 32.6 Å². The molecule has 0 radical (unpaired) electrons. The fourth-order valence-corrected chi connectivity index (χ4v) is 3.29. The number of guanidine groups is 1. The number of rotatable bonds is 7. The topological polar surface area (TPSA) is 61.8 Å². The highest BCUT2D eigenvalue weighted by Crippen LogP contribution is 2.20. The fraction of sp³-hybridized carbons (Fsp3) is 0.611. The summed E-state index contributed by atoms with van der Waals surface area (Å²) < 4.78 is 22.7. The minimum atomic E-state index is -2.93. The summed E-state index contributed by atoms with van der Waals surface area (Å²) in [5.74, 6) is 1.02. The van der Waals surface area contributed by atoms with Crippen molar-refractivity contribution in [2.24, 2.45) is 10.4 Å². The Labute approximate surface area is 147 Å². The molecule has 0 unspecified atom stereocenters. The second-order valence-corrected chi connectivity index (χ2v) is 9.49. The maximum atomic E-state index is 11.4. The molecular formula is C18H31N3O2S. The molecule has 0 fully saturated rings. The first kappa shape index (κ1) is 20.5. The maximum Gasteiger partial charge on any atom is 0.193 e. The number of hydrogen-bond donors (Lipinski definition) is 1. The predicted molar refractivity (Wildman–Crippen MR) is 102 cm³/mol. The van der Waals surface area contributed by atoms with Crippen LogP contribution in [0, 0.1) is 12.3 Å². The van der Waals surface area contributed by atoms with E-state index < -0.39 is 9.84 Å². The average molecular weight is 354 g/mol. The summed E-state index contributed by atoms with van der Waals surface area (Å²) in [4.78, 5) is 6.42. The number of nitrogens with zero attached hydrogens (tertiary/aromatic N) is 2. The molecule has 0 bridgehead atoms. The Bertz CT molecular complexity index is 667. The van der Waals surface area contributed by atoms with Crippen LogP contribution in [0.2, 0.25) is 0 Å². The Kier molecular flexibility index (Phi) is 7.27. The monoisotopic (exact) mass is 353 g/mol. The number of hydrogen-bond acceptors (Lipinski definition) is 3. The third kappa shape index (κ3) is 7.34. The average Bonchev–Trinajstić information content (AvgIpc) is 2.48. The number of benzene rings is 1. The highest BCUT2D eigenvalue weighted by Gasteiger charge is 2.21. The summed E-state index contributed by atoms with van der Waals surface area (Å²) in [5.41, 5.74) is 2.40. The molecule has 0 heterocycles. The van der Waals surface area contributed by atoms with Crippen LogP contribution < -0.4 is 5.32 Å². The van der Waals surface area contributed by atoms with E-state index in [1.807, 2.05) is 19.2 Å². The van der Waals surface area contributed by atoms with Gasteiger partial charge >= 0.3 is 0 Å². The van der Waals surface area contributed by atoms with E-state index in [0.29, 0.717) is 13.0 Å². The van der Waals surface area contributed by atoms with E-state index in [-0.39, 0.29) is 11.2 Å². The first-order valence-corrected chi connectivity index (χ1v) is 10.2. The number of aliphatic imine (C=N–C) groups is 1. The normalized spacial score (nSPS) is 13.0. The Morgan fingerprint density at radius 2 is 1.92 bits per heavy atom. The van der Waals surface area contributed by atoms with Crippen LogP contribution in [0.15, 0.2) is 29.3 Å². The van der Waals surface area contributed by atoms with Crippen LogP contribution in [0.5, 0.6) is 0 Å². The van der Waals surface area contributed by atoms with Crippen LogP contribution in [0.25, 0.3) is 0 Å². The van der Waals surface area contributed by atoms with Crippen molar-refractivity contribution in [3.05, 3.63) is 35.4 Å². The van der Waals surface area contributed by atoms with Crippen LogP contribution in [0.1, 0.15) is 31.4 Å². The van der Waals surface area contributed by atoms with Gasteiger partial charge in [0.05, 0.1) is 5.75 Å². The van der Waals surface area contributed by atoms with Gasteiger partial charge in [0.15, 0.2) is 5.96 Å². The van der Waals surface area contributed by atoms with Gasteiger partial charge in [0, 0.05) is 33.4 Å². The van der Waals surface area contributed by atoms with Gasteiger partial charge in [0.1, 0.15) is 9.84 Å². The van der Waals surface area contributed by atoms with E-state index >= 15 is 0 Å². The van der Waals surface area contributed by atoms with Gasteiger partial charge in [-0.1, -0.05) is 38.1 Å². The molecule has 1 rings (SSSR count). The first-order chi connectivity index (χ1) is 11.0. The van der Waals surface area contributed by atoms with E-state index in [4.69, 9.17) is 0 Å². The standard InChI is InChI=1S/C18H31N3O2S/c1-15-9-7-8-10-16(15)13-21(5)17(19-4)20-14-18(2,3)11-12-24(6,22)23/h7-10H,11-14H2,1-6H3,(H,19,20). The smallest absolute Gasteiger partial charge is 0.193 e. The Morgan fingerprint density at radius 1 is 1.29 bits per heavy atom. The molecule has 0 atom stereocenters. The van der Waals surface area contributed by atoms with Gasteiger partial charge < -0.3 is 10.2 Å². The van der Waals surface area contributed by atoms with Crippen molar-refractivity contribution >= 4 is 15.8 Å². The second kappa shape index (κ2) is 8.51. The van der Waals surface area contributed by atoms with Crippen LogP contribution >= 0.6 is 0 Å². The van der Waals surface area contributed by atoms with Crippen molar-refractivity contribution in [3.63, 3.8) is 0 Å². The molecule has 0 aliphatic carbocycles. The lowest BCUT2D eigenvalue weighted by molar-refractivity contribution is 0.340. The molecule has 1 aromatic rings. The molecule has 0 aliphatic heterocycles. The van der Waals surface area contributed by atoms with Crippen molar-refractivity contribution < 1.29 is 8.42 Å². The zero-order valence-corrected chi connectivity index (χ0v) is 16.6. The first-order valence-electron chi connectivity index (χ1n) is 8.18. The van der Waals surface area contributed by atoms with Gasteiger partial charge in [-0.05, 0) is 29.9 Å². The lowest BCUT2D eigenvalue weighted by Gasteiger charge is -2.29. The SMILES string of the molecule is CN=C(NCC(C)(C)CCS(C)(=O)=O)N(C)Cc1ccccc1C. The van der Waals surface area contributed by atoms with E-state index in [9.17, 15) is 8.42 Å². The molecule has 24 heavy (non-hydrogen) atoms. The summed E-state index contributed by atoms with van der Waals surface area (Å²) in [6, 6.07) is 8.31. The number of nitrogens with one attached hydrogen (secondary N) is 1. The molecule has 6 heteroatoms. The predicted octanol–water partition coefficient (Wildman–Crippen LogP) is 2.46. The van der Waals surface area contributed by atoms with Crippen LogP contribution in [0.4, 0.5) is 0 Å². The van der Waals surface area contributed by atoms with Crippen LogP contribution in [-0.4, -0.2) is 51.9 Å². The molecule has 0 spiro atoms. The van der Waals surface area contributed by atoms with Crippen molar-refractivity contribution in [1.29, 1.82) is 0 Å². The maximum absolute atomic E-state index is 11.4. The van der Waals surface area contributed by atoms with Gasteiger partial charge in [-0.15, -0.1) is 0 Å². The summed E-state index contributed by atoms with van der Waals surface area (Å²) >= 11 is 0. The second-order valence-electron chi connectivity index (χ2n) is 7.23. The third-order valence-corrected chi connectivity index (χ3v) is 5.06. The summed E-state index contributed by atoms with van der Waals surface area (Å²) in [6.45, 7) is 7.69. The Morgan fingerprint density at radius 3 is 2.46 bits per heavy atom. The van der Waals surface area contributed by atoms with E-state index in [1.54, 1.807) is 7.05 Å². The van der Waals surface area contributed by atoms with E-state index in [2.05, 4.69) is 48.1 Å². The molecule has 0 aromatic heterocycles. The van der Waals surface area contributed by atoms with Crippen LogP contribution in [0.3, 0.4) is 0 Å². The molecule has 5 nitrogen and oxygen atoms in total. The minimum Gasteiger partial charge on any atom is -0.356 e. The number of aryl methyl sites for hydroxylation is 1. The lowest BCUT2D eigenvalue weighted by Crippen LogP contribution is -2.43. The molecule has 136 valence electrons. The molecule has 1 aromatic carbocycles. The molecular weight excluding hydrogens is 322 g/mol. The largest absolute Gasteiger partial charge is 0.356 e. The molecule has 0 amide bonds. The molecule has 0 aliphatic rings. The van der Waals surface area contributed by atoms with Crippen molar-refractivity contribution in [3.8, 4) is 0 Å². The van der Waals surface area contributed by atoms with Gasteiger partial charge in [0.25, 0.3) is 0 Å². The minimum absolute atomic E-state index is 0.122. The van der Waals surface area contributed by atoms with Gasteiger partial charge in [-0.3, -0.25) is 4.99 Å². The Hall–Kier alpha value is -1.56. The van der Waals surface area contributed by atoms with Crippen LogP contribution in [-0.2, 0) is 16.4 Å². The molecule has 1 N–H and O–H groups in total. The zero-order valence-electron chi connectivity index (χ0n) is 15.8.